The number of imide groups is 1. The monoisotopic (exact) mass is 360 g/mol. The SMILES string of the molecule is CC1CN(CN2C(=O)CC3(CCSC3)C2=O)CC(c2ccccc2)O1. The van der Waals surface area contributed by atoms with Crippen molar-refractivity contribution in [3.8, 4) is 0 Å². The number of hydrogen-bond donors (Lipinski definition) is 0. The van der Waals surface area contributed by atoms with Gasteiger partial charge < -0.3 is 4.74 Å². The van der Waals surface area contributed by atoms with Crippen LogP contribution in [0.2, 0.25) is 0 Å². The van der Waals surface area contributed by atoms with E-state index in [-0.39, 0.29) is 24.0 Å². The minimum atomic E-state index is -0.418. The first-order valence-corrected chi connectivity index (χ1v) is 10.1. The molecule has 25 heavy (non-hydrogen) atoms. The van der Waals surface area contributed by atoms with Crippen molar-refractivity contribution >= 4 is 23.6 Å². The zero-order chi connectivity index (χ0) is 17.4. The molecule has 6 heteroatoms. The Morgan fingerprint density at radius 2 is 2.04 bits per heavy atom. The summed E-state index contributed by atoms with van der Waals surface area (Å²) in [6.07, 6.45) is 1.28. The molecule has 0 aliphatic carbocycles. The lowest BCUT2D eigenvalue weighted by Gasteiger charge is -2.38. The van der Waals surface area contributed by atoms with E-state index in [0.29, 0.717) is 19.6 Å². The van der Waals surface area contributed by atoms with Gasteiger partial charge in [0.1, 0.15) is 0 Å². The Balaban J connectivity index is 1.46. The maximum absolute atomic E-state index is 12.9. The largest absolute Gasteiger partial charge is 0.368 e. The molecule has 3 unspecified atom stereocenters. The Hall–Kier alpha value is -1.37. The first-order valence-electron chi connectivity index (χ1n) is 8.93. The third kappa shape index (κ3) is 3.23. The Bertz CT molecular complexity index is 660. The maximum atomic E-state index is 12.9. The van der Waals surface area contributed by atoms with Gasteiger partial charge in [-0.1, -0.05) is 30.3 Å². The van der Waals surface area contributed by atoms with E-state index in [1.54, 1.807) is 11.8 Å². The molecule has 3 atom stereocenters. The van der Waals surface area contributed by atoms with Crippen molar-refractivity contribution < 1.29 is 14.3 Å². The number of morpholine rings is 1. The number of thioether (sulfide) groups is 1. The second-order valence-electron chi connectivity index (χ2n) is 7.41. The summed E-state index contributed by atoms with van der Waals surface area (Å²) in [4.78, 5) is 29.0. The molecular weight excluding hydrogens is 336 g/mol. The highest BCUT2D eigenvalue weighted by Crippen LogP contribution is 2.45. The highest BCUT2D eigenvalue weighted by molar-refractivity contribution is 7.99. The van der Waals surface area contributed by atoms with Crippen LogP contribution in [-0.4, -0.2) is 59.0 Å². The van der Waals surface area contributed by atoms with E-state index in [1.807, 2.05) is 25.1 Å². The van der Waals surface area contributed by atoms with Gasteiger partial charge in [-0.2, -0.15) is 11.8 Å². The summed E-state index contributed by atoms with van der Waals surface area (Å²) in [5, 5.41) is 0. The number of likely N-dealkylation sites (tertiary alicyclic amines) is 1. The van der Waals surface area contributed by atoms with Crippen molar-refractivity contribution in [2.45, 2.75) is 32.0 Å². The summed E-state index contributed by atoms with van der Waals surface area (Å²) in [6, 6.07) is 10.2. The van der Waals surface area contributed by atoms with Crippen LogP contribution in [0.1, 0.15) is 31.4 Å². The molecule has 4 rings (SSSR count). The van der Waals surface area contributed by atoms with Gasteiger partial charge in [0, 0.05) is 25.3 Å². The Morgan fingerprint density at radius 1 is 1.24 bits per heavy atom. The second kappa shape index (κ2) is 6.74. The zero-order valence-electron chi connectivity index (χ0n) is 14.5. The van der Waals surface area contributed by atoms with Gasteiger partial charge in [0.05, 0.1) is 24.3 Å². The lowest BCUT2D eigenvalue weighted by Crippen LogP contribution is -2.50. The molecule has 2 amide bonds. The standard InChI is InChI=1S/C19H24N2O3S/c1-14-10-20(11-16(24-14)15-5-3-2-4-6-15)13-21-17(22)9-19(18(21)23)7-8-25-12-19/h2-6,14,16H,7-13H2,1H3. The van der Waals surface area contributed by atoms with Gasteiger partial charge in [-0.25, -0.2) is 0 Å². The van der Waals surface area contributed by atoms with Crippen molar-refractivity contribution in [2.75, 3.05) is 31.3 Å². The molecule has 1 aromatic carbocycles. The van der Waals surface area contributed by atoms with Crippen molar-refractivity contribution in [1.29, 1.82) is 0 Å². The number of amides is 2. The van der Waals surface area contributed by atoms with Crippen LogP contribution < -0.4 is 0 Å². The highest BCUT2D eigenvalue weighted by atomic mass is 32.2. The fourth-order valence-corrected chi connectivity index (χ4v) is 5.56. The number of carbonyl (C=O) groups excluding carboxylic acids is 2. The highest BCUT2D eigenvalue weighted by Gasteiger charge is 2.53. The van der Waals surface area contributed by atoms with E-state index < -0.39 is 5.41 Å². The molecule has 3 aliphatic heterocycles. The molecule has 3 saturated heterocycles. The summed E-state index contributed by atoms with van der Waals surface area (Å²) < 4.78 is 6.08. The predicted molar refractivity (Wildman–Crippen MR) is 97.0 cm³/mol. The van der Waals surface area contributed by atoms with Crippen molar-refractivity contribution in [1.82, 2.24) is 9.80 Å². The van der Waals surface area contributed by atoms with Gasteiger partial charge in [-0.15, -0.1) is 0 Å². The van der Waals surface area contributed by atoms with Crippen molar-refractivity contribution in [3.63, 3.8) is 0 Å². The summed E-state index contributed by atoms with van der Waals surface area (Å²) in [6.45, 7) is 3.88. The van der Waals surface area contributed by atoms with E-state index >= 15 is 0 Å². The van der Waals surface area contributed by atoms with Gasteiger partial charge >= 0.3 is 0 Å². The third-order valence-electron chi connectivity index (χ3n) is 5.44. The van der Waals surface area contributed by atoms with Crippen LogP contribution >= 0.6 is 11.8 Å². The lowest BCUT2D eigenvalue weighted by molar-refractivity contribution is -0.147. The molecule has 0 saturated carbocycles. The number of ether oxygens (including phenoxy) is 1. The Morgan fingerprint density at radius 3 is 2.76 bits per heavy atom. The average Bonchev–Trinajstić information content (AvgIpc) is 3.16. The Kier molecular flexibility index (Phi) is 4.60. The molecule has 0 radical (unpaired) electrons. The van der Waals surface area contributed by atoms with Gasteiger partial charge in [0.25, 0.3) is 0 Å². The number of rotatable bonds is 3. The van der Waals surface area contributed by atoms with Crippen LogP contribution in [0.4, 0.5) is 0 Å². The van der Waals surface area contributed by atoms with Gasteiger partial charge in [-0.05, 0) is 24.7 Å². The van der Waals surface area contributed by atoms with Gasteiger partial charge in [0.2, 0.25) is 11.8 Å². The molecule has 134 valence electrons. The van der Waals surface area contributed by atoms with Crippen LogP contribution in [0.25, 0.3) is 0 Å². The molecule has 3 fully saturated rings. The topological polar surface area (TPSA) is 49.9 Å². The minimum Gasteiger partial charge on any atom is -0.368 e. The predicted octanol–water partition coefficient (Wildman–Crippen LogP) is 2.29. The molecule has 3 aliphatic rings. The van der Waals surface area contributed by atoms with E-state index in [9.17, 15) is 9.59 Å². The Labute approximate surface area is 152 Å². The van der Waals surface area contributed by atoms with Crippen LogP contribution in [0.3, 0.4) is 0 Å². The fourth-order valence-electron chi connectivity index (χ4n) is 4.12. The molecule has 1 aromatic rings. The fraction of sp³-hybridized carbons (Fsp3) is 0.579. The summed E-state index contributed by atoms with van der Waals surface area (Å²) in [5.74, 6) is 1.80. The molecule has 0 N–H and O–H groups in total. The van der Waals surface area contributed by atoms with Crippen LogP contribution in [0.15, 0.2) is 30.3 Å². The minimum absolute atomic E-state index is 0.0112. The molecule has 0 bridgehead atoms. The first kappa shape index (κ1) is 17.1. The quantitative estimate of drug-likeness (QED) is 0.774. The maximum Gasteiger partial charge on any atom is 0.237 e. The van der Waals surface area contributed by atoms with E-state index in [4.69, 9.17) is 4.74 Å². The second-order valence-corrected chi connectivity index (χ2v) is 8.52. The average molecular weight is 360 g/mol. The number of benzene rings is 1. The lowest BCUT2D eigenvalue weighted by atomic mass is 9.86. The molecule has 0 aromatic heterocycles. The van der Waals surface area contributed by atoms with E-state index in [1.165, 1.54) is 4.90 Å². The van der Waals surface area contributed by atoms with Crippen molar-refractivity contribution in [2.24, 2.45) is 5.41 Å². The van der Waals surface area contributed by atoms with Gasteiger partial charge in [0.15, 0.2) is 0 Å². The molecule has 3 heterocycles. The van der Waals surface area contributed by atoms with Gasteiger partial charge in [-0.3, -0.25) is 19.4 Å². The van der Waals surface area contributed by atoms with Crippen LogP contribution in [0.5, 0.6) is 0 Å². The molecule has 1 spiro atoms. The van der Waals surface area contributed by atoms with Crippen LogP contribution in [0, 0.1) is 5.41 Å². The summed E-state index contributed by atoms with van der Waals surface area (Å²) >= 11 is 1.79. The first-order chi connectivity index (χ1) is 12.1. The summed E-state index contributed by atoms with van der Waals surface area (Å²) in [5.41, 5.74) is 0.722. The normalized spacial score (nSPS) is 33.6. The molecule has 5 nitrogen and oxygen atoms in total. The third-order valence-corrected chi connectivity index (χ3v) is 6.69. The number of carbonyl (C=O) groups is 2. The smallest absolute Gasteiger partial charge is 0.237 e. The summed E-state index contributed by atoms with van der Waals surface area (Å²) in [7, 11) is 0. The van der Waals surface area contributed by atoms with Crippen LogP contribution in [-0.2, 0) is 14.3 Å². The number of nitrogens with zero attached hydrogens (tertiary/aromatic N) is 2. The van der Waals surface area contributed by atoms with E-state index in [2.05, 4.69) is 17.0 Å². The zero-order valence-corrected chi connectivity index (χ0v) is 15.3. The van der Waals surface area contributed by atoms with E-state index in [0.717, 1.165) is 30.0 Å². The van der Waals surface area contributed by atoms with Crippen molar-refractivity contribution in [3.05, 3.63) is 35.9 Å². The molecular formula is C19H24N2O3S. The number of hydrogen-bond acceptors (Lipinski definition) is 5.